The number of nitrogens with zero attached hydrogens (tertiary/aromatic N) is 7. The SMILES string of the molecule is Cc1nn2ccc(-c3ccc(F)c(O[C@@H](C)Cn4cnnn4)c3)nc2c1Br. The molecule has 4 aromatic rings. The molecule has 0 aliphatic carbocycles. The van der Waals surface area contributed by atoms with Crippen molar-refractivity contribution in [3.63, 3.8) is 0 Å². The normalized spacial score (nSPS) is 12.4. The second-order valence-electron chi connectivity index (χ2n) is 6.09. The van der Waals surface area contributed by atoms with Crippen molar-refractivity contribution in [1.82, 2.24) is 34.8 Å². The van der Waals surface area contributed by atoms with Crippen molar-refractivity contribution in [2.75, 3.05) is 0 Å². The first-order chi connectivity index (χ1) is 13.0. The van der Waals surface area contributed by atoms with Crippen LogP contribution in [0.4, 0.5) is 4.39 Å². The summed E-state index contributed by atoms with van der Waals surface area (Å²) >= 11 is 3.50. The van der Waals surface area contributed by atoms with E-state index >= 15 is 0 Å². The Hall–Kier alpha value is -2.88. The van der Waals surface area contributed by atoms with Crippen LogP contribution < -0.4 is 4.74 Å². The fourth-order valence-electron chi connectivity index (χ4n) is 2.71. The molecule has 3 aromatic heterocycles. The molecule has 0 fully saturated rings. The minimum atomic E-state index is -0.440. The highest BCUT2D eigenvalue weighted by Crippen LogP contribution is 2.28. The number of ether oxygens (including phenoxy) is 1. The van der Waals surface area contributed by atoms with Crippen LogP contribution in [0.25, 0.3) is 16.9 Å². The Morgan fingerprint density at radius 3 is 2.93 bits per heavy atom. The zero-order chi connectivity index (χ0) is 19.0. The van der Waals surface area contributed by atoms with Gasteiger partial charge in [0.15, 0.2) is 17.2 Å². The molecule has 0 N–H and O–H groups in total. The van der Waals surface area contributed by atoms with Crippen molar-refractivity contribution < 1.29 is 9.13 Å². The summed E-state index contributed by atoms with van der Waals surface area (Å²) in [6, 6.07) is 6.51. The average Bonchev–Trinajstić information content (AvgIpc) is 3.25. The van der Waals surface area contributed by atoms with Crippen LogP contribution in [-0.2, 0) is 6.54 Å². The molecule has 3 heterocycles. The van der Waals surface area contributed by atoms with E-state index in [0.29, 0.717) is 17.9 Å². The summed E-state index contributed by atoms with van der Waals surface area (Å²) in [7, 11) is 0. The number of aryl methyl sites for hydroxylation is 1. The molecule has 0 bridgehead atoms. The van der Waals surface area contributed by atoms with E-state index in [4.69, 9.17) is 4.74 Å². The molecule has 138 valence electrons. The van der Waals surface area contributed by atoms with E-state index in [2.05, 4.69) is 41.5 Å². The zero-order valence-corrected chi connectivity index (χ0v) is 16.1. The van der Waals surface area contributed by atoms with Crippen LogP contribution in [0.5, 0.6) is 5.75 Å². The zero-order valence-electron chi connectivity index (χ0n) is 14.5. The van der Waals surface area contributed by atoms with Gasteiger partial charge in [-0.1, -0.05) is 0 Å². The first-order valence-corrected chi connectivity index (χ1v) is 8.99. The maximum atomic E-state index is 14.2. The van der Waals surface area contributed by atoms with Crippen LogP contribution in [0.2, 0.25) is 0 Å². The summed E-state index contributed by atoms with van der Waals surface area (Å²) in [4.78, 5) is 4.62. The van der Waals surface area contributed by atoms with Gasteiger partial charge in [-0.3, -0.25) is 0 Å². The molecule has 0 spiro atoms. The molecule has 0 saturated heterocycles. The summed E-state index contributed by atoms with van der Waals surface area (Å²) in [5, 5.41) is 15.3. The monoisotopic (exact) mass is 431 g/mol. The highest BCUT2D eigenvalue weighted by atomic mass is 79.9. The van der Waals surface area contributed by atoms with Gasteiger partial charge in [-0.05, 0) is 64.5 Å². The van der Waals surface area contributed by atoms with Crippen LogP contribution in [0.3, 0.4) is 0 Å². The first-order valence-electron chi connectivity index (χ1n) is 8.20. The Labute approximate surface area is 162 Å². The average molecular weight is 432 g/mol. The van der Waals surface area contributed by atoms with Crippen molar-refractivity contribution in [3.8, 4) is 17.0 Å². The lowest BCUT2D eigenvalue weighted by Gasteiger charge is -2.15. The van der Waals surface area contributed by atoms with E-state index in [-0.39, 0.29) is 11.9 Å². The standard InChI is InChI=1S/C17H15BrFN7O/c1-10(8-25-9-20-23-24-25)27-15-7-12(3-4-13(15)19)14-5-6-26-17(21-14)16(18)11(2)22-26/h3-7,9-10H,8H2,1-2H3/t10-/m0/s1. The summed E-state index contributed by atoms with van der Waals surface area (Å²) in [5.41, 5.74) is 2.98. The third-order valence-electron chi connectivity index (χ3n) is 3.98. The lowest BCUT2D eigenvalue weighted by Crippen LogP contribution is -2.20. The van der Waals surface area contributed by atoms with Crippen LogP contribution >= 0.6 is 15.9 Å². The van der Waals surface area contributed by atoms with Gasteiger partial charge in [0.05, 0.1) is 22.4 Å². The lowest BCUT2D eigenvalue weighted by atomic mass is 10.1. The largest absolute Gasteiger partial charge is 0.486 e. The first kappa shape index (κ1) is 17.5. The van der Waals surface area contributed by atoms with Gasteiger partial charge in [0, 0.05) is 11.8 Å². The fourth-order valence-corrected chi connectivity index (χ4v) is 3.06. The molecular weight excluding hydrogens is 417 g/mol. The number of hydrogen-bond acceptors (Lipinski definition) is 6. The molecule has 0 radical (unpaired) electrons. The Bertz CT molecular complexity index is 1100. The van der Waals surface area contributed by atoms with E-state index < -0.39 is 5.82 Å². The molecule has 1 aromatic carbocycles. The number of hydrogen-bond donors (Lipinski definition) is 0. The van der Waals surface area contributed by atoms with Crippen molar-refractivity contribution in [2.45, 2.75) is 26.5 Å². The van der Waals surface area contributed by atoms with Gasteiger partial charge in [0.25, 0.3) is 0 Å². The van der Waals surface area contributed by atoms with Gasteiger partial charge in [-0.15, -0.1) is 5.10 Å². The molecule has 8 nitrogen and oxygen atoms in total. The van der Waals surface area contributed by atoms with Gasteiger partial charge in [-0.2, -0.15) is 5.10 Å². The molecule has 0 saturated carbocycles. The van der Waals surface area contributed by atoms with Gasteiger partial charge >= 0.3 is 0 Å². The maximum Gasteiger partial charge on any atom is 0.170 e. The topological polar surface area (TPSA) is 83.0 Å². The molecular formula is C17H15BrFN7O. The van der Waals surface area contributed by atoms with E-state index in [1.807, 2.05) is 26.1 Å². The molecule has 0 unspecified atom stereocenters. The van der Waals surface area contributed by atoms with Crippen molar-refractivity contribution in [3.05, 3.63) is 52.8 Å². The lowest BCUT2D eigenvalue weighted by molar-refractivity contribution is 0.185. The fraction of sp³-hybridized carbons (Fsp3) is 0.235. The van der Waals surface area contributed by atoms with Crippen molar-refractivity contribution >= 4 is 21.6 Å². The second-order valence-corrected chi connectivity index (χ2v) is 6.88. The van der Waals surface area contributed by atoms with E-state index in [1.165, 1.54) is 17.1 Å². The van der Waals surface area contributed by atoms with E-state index in [9.17, 15) is 4.39 Å². The smallest absolute Gasteiger partial charge is 0.170 e. The number of halogens is 2. The highest BCUT2D eigenvalue weighted by Gasteiger charge is 2.14. The van der Waals surface area contributed by atoms with E-state index in [1.54, 1.807) is 16.6 Å². The second kappa shape index (κ2) is 7.03. The molecule has 10 heteroatoms. The third kappa shape index (κ3) is 3.52. The number of tetrazole rings is 1. The number of fused-ring (bicyclic) bond motifs is 1. The van der Waals surface area contributed by atoms with Gasteiger partial charge < -0.3 is 4.74 Å². The van der Waals surface area contributed by atoms with Crippen LogP contribution in [0, 0.1) is 12.7 Å². The molecule has 0 amide bonds. The van der Waals surface area contributed by atoms with Gasteiger partial charge in [0.1, 0.15) is 12.4 Å². The van der Waals surface area contributed by atoms with Gasteiger partial charge in [-0.25, -0.2) is 18.6 Å². The number of aromatic nitrogens is 7. The Morgan fingerprint density at radius 1 is 1.30 bits per heavy atom. The molecule has 0 aliphatic heterocycles. The summed E-state index contributed by atoms with van der Waals surface area (Å²) < 4.78 is 24.0. The summed E-state index contributed by atoms with van der Waals surface area (Å²) in [6.45, 7) is 4.13. The Balaban J connectivity index is 1.62. The summed E-state index contributed by atoms with van der Waals surface area (Å²) in [5.74, 6) is -0.289. The van der Waals surface area contributed by atoms with Crippen molar-refractivity contribution in [1.29, 1.82) is 0 Å². The Morgan fingerprint density at radius 2 is 2.15 bits per heavy atom. The number of rotatable bonds is 5. The maximum absolute atomic E-state index is 14.2. The van der Waals surface area contributed by atoms with Crippen LogP contribution in [0.15, 0.2) is 41.3 Å². The minimum Gasteiger partial charge on any atom is -0.486 e. The summed E-state index contributed by atoms with van der Waals surface area (Å²) in [6.07, 6.45) is 2.98. The number of benzene rings is 1. The quantitative estimate of drug-likeness (QED) is 0.482. The van der Waals surface area contributed by atoms with Crippen molar-refractivity contribution in [2.24, 2.45) is 0 Å². The van der Waals surface area contributed by atoms with Crippen LogP contribution in [0.1, 0.15) is 12.6 Å². The predicted molar refractivity (Wildman–Crippen MR) is 98.7 cm³/mol. The predicted octanol–water partition coefficient (Wildman–Crippen LogP) is 3.06. The minimum absolute atomic E-state index is 0.151. The Kier molecular flexibility index (Phi) is 4.56. The van der Waals surface area contributed by atoms with Gasteiger partial charge in [0.2, 0.25) is 0 Å². The molecule has 0 aliphatic rings. The highest BCUT2D eigenvalue weighted by molar-refractivity contribution is 9.10. The van der Waals surface area contributed by atoms with E-state index in [0.717, 1.165) is 15.7 Å². The molecule has 27 heavy (non-hydrogen) atoms. The van der Waals surface area contributed by atoms with Crippen LogP contribution in [-0.4, -0.2) is 40.9 Å². The molecule has 1 atom stereocenters. The molecule has 4 rings (SSSR count). The third-order valence-corrected chi connectivity index (χ3v) is 4.91.